The Kier molecular flexibility index (Phi) is 3.23. The second kappa shape index (κ2) is 4.87. The molecule has 0 bridgehead atoms. The van der Waals surface area contributed by atoms with E-state index < -0.39 is 0 Å². The Labute approximate surface area is 110 Å². The van der Waals surface area contributed by atoms with Gasteiger partial charge in [0.2, 0.25) is 0 Å². The molecule has 1 aromatic rings. The molecule has 1 fully saturated rings. The number of Topliss-reactive ketones (excluding diaryl/α,β-unsaturated/α-hetero) is 1. The summed E-state index contributed by atoms with van der Waals surface area (Å²) in [6.45, 7) is 2.29. The summed E-state index contributed by atoms with van der Waals surface area (Å²) in [4.78, 5) is 12.5. The van der Waals surface area contributed by atoms with Crippen LogP contribution in [0.4, 0.5) is 0 Å². The van der Waals surface area contributed by atoms with Crippen LogP contribution in [0, 0.1) is 17.8 Å². The van der Waals surface area contributed by atoms with Crippen LogP contribution in [-0.2, 0) is 6.42 Å². The molecule has 0 aliphatic heterocycles. The maximum Gasteiger partial charge on any atom is 0.166 e. The molecule has 3 unspecified atom stereocenters. The van der Waals surface area contributed by atoms with Crippen LogP contribution in [0.1, 0.15) is 54.9 Å². The zero-order valence-corrected chi connectivity index (χ0v) is 11.2. The molecule has 1 heteroatoms. The maximum atomic E-state index is 12.5. The second-order valence-electron chi connectivity index (χ2n) is 6.03. The molecule has 1 saturated carbocycles. The van der Waals surface area contributed by atoms with Crippen LogP contribution in [0.5, 0.6) is 0 Å². The first-order valence-corrected chi connectivity index (χ1v) is 7.41. The van der Waals surface area contributed by atoms with Crippen molar-refractivity contribution in [3.8, 4) is 0 Å². The van der Waals surface area contributed by atoms with Crippen LogP contribution >= 0.6 is 0 Å². The van der Waals surface area contributed by atoms with E-state index in [-0.39, 0.29) is 5.92 Å². The number of carbonyl (C=O) groups excluding carboxylic acids is 1. The van der Waals surface area contributed by atoms with Gasteiger partial charge in [-0.1, -0.05) is 50.5 Å². The Morgan fingerprint density at radius 1 is 1.22 bits per heavy atom. The fourth-order valence-electron chi connectivity index (χ4n) is 3.92. The van der Waals surface area contributed by atoms with Crippen LogP contribution in [-0.4, -0.2) is 5.78 Å². The molecule has 0 spiro atoms. The Bertz CT molecular complexity index is 449. The zero-order valence-electron chi connectivity index (χ0n) is 11.2. The van der Waals surface area contributed by atoms with Crippen LogP contribution in [0.2, 0.25) is 0 Å². The minimum Gasteiger partial charge on any atom is -0.294 e. The van der Waals surface area contributed by atoms with Crippen LogP contribution in [0.3, 0.4) is 0 Å². The molecule has 2 aliphatic rings. The van der Waals surface area contributed by atoms with Crippen molar-refractivity contribution < 1.29 is 4.79 Å². The predicted molar refractivity (Wildman–Crippen MR) is 73.7 cm³/mol. The smallest absolute Gasteiger partial charge is 0.166 e. The molecule has 0 radical (unpaired) electrons. The monoisotopic (exact) mass is 242 g/mol. The summed E-state index contributed by atoms with van der Waals surface area (Å²) in [6.07, 6.45) is 7.52. The minimum atomic E-state index is 0.289. The van der Waals surface area contributed by atoms with Crippen molar-refractivity contribution in [2.75, 3.05) is 0 Å². The number of ketones is 1. The summed E-state index contributed by atoms with van der Waals surface area (Å²) in [6, 6.07) is 8.20. The fourth-order valence-corrected chi connectivity index (χ4v) is 3.92. The van der Waals surface area contributed by atoms with Crippen molar-refractivity contribution in [2.45, 2.75) is 45.4 Å². The lowest BCUT2D eigenvalue weighted by molar-refractivity contribution is 0.0845. The van der Waals surface area contributed by atoms with Gasteiger partial charge in [-0.3, -0.25) is 4.79 Å². The Morgan fingerprint density at radius 2 is 2.06 bits per heavy atom. The van der Waals surface area contributed by atoms with E-state index in [4.69, 9.17) is 0 Å². The Balaban J connectivity index is 1.77. The number of benzene rings is 1. The highest BCUT2D eigenvalue weighted by Crippen LogP contribution is 2.41. The predicted octanol–water partition coefficient (Wildman–Crippen LogP) is 4.26. The summed E-state index contributed by atoms with van der Waals surface area (Å²) in [5.41, 5.74) is 2.28. The average Bonchev–Trinajstić information content (AvgIpc) is 2.77. The standard InChI is InChI=1S/C17H22O/c1-2-12-6-5-8-13(10-12)16-11-14-7-3-4-9-15(14)17(16)18/h3-4,7,9,12-13,16H,2,5-6,8,10-11H2,1H3. The first kappa shape index (κ1) is 12.0. The first-order chi connectivity index (χ1) is 8.79. The normalized spacial score (nSPS) is 31.4. The van der Waals surface area contributed by atoms with E-state index >= 15 is 0 Å². The maximum absolute atomic E-state index is 12.5. The van der Waals surface area contributed by atoms with Gasteiger partial charge in [0.25, 0.3) is 0 Å². The lowest BCUT2D eigenvalue weighted by Crippen LogP contribution is -2.26. The number of hydrogen-bond acceptors (Lipinski definition) is 1. The number of carbonyl (C=O) groups is 1. The number of fused-ring (bicyclic) bond motifs is 1. The molecule has 1 nitrogen and oxygen atoms in total. The second-order valence-corrected chi connectivity index (χ2v) is 6.03. The van der Waals surface area contributed by atoms with E-state index in [9.17, 15) is 4.79 Å². The van der Waals surface area contributed by atoms with Crippen molar-refractivity contribution >= 4 is 5.78 Å². The summed E-state index contributed by atoms with van der Waals surface area (Å²) in [7, 11) is 0. The van der Waals surface area contributed by atoms with E-state index in [0.29, 0.717) is 11.7 Å². The molecule has 0 heterocycles. The average molecular weight is 242 g/mol. The first-order valence-electron chi connectivity index (χ1n) is 7.41. The molecular weight excluding hydrogens is 220 g/mol. The molecule has 1 aromatic carbocycles. The fraction of sp³-hybridized carbons (Fsp3) is 0.588. The number of hydrogen-bond donors (Lipinski definition) is 0. The van der Waals surface area contributed by atoms with Gasteiger partial charge in [-0.05, 0) is 36.7 Å². The largest absolute Gasteiger partial charge is 0.294 e. The van der Waals surface area contributed by atoms with Crippen molar-refractivity contribution in [3.63, 3.8) is 0 Å². The van der Waals surface area contributed by atoms with Gasteiger partial charge in [0.05, 0.1) is 0 Å². The minimum absolute atomic E-state index is 0.289. The highest BCUT2D eigenvalue weighted by atomic mass is 16.1. The van der Waals surface area contributed by atoms with E-state index in [0.717, 1.165) is 17.9 Å². The zero-order chi connectivity index (χ0) is 12.5. The molecule has 0 amide bonds. The van der Waals surface area contributed by atoms with Gasteiger partial charge in [0.15, 0.2) is 5.78 Å². The molecule has 3 atom stereocenters. The summed E-state index contributed by atoms with van der Waals surface area (Å²) >= 11 is 0. The van der Waals surface area contributed by atoms with Gasteiger partial charge in [-0.15, -0.1) is 0 Å². The Morgan fingerprint density at radius 3 is 2.83 bits per heavy atom. The van der Waals surface area contributed by atoms with Crippen LogP contribution < -0.4 is 0 Å². The topological polar surface area (TPSA) is 17.1 Å². The molecule has 96 valence electrons. The molecule has 0 aromatic heterocycles. The quantitative estimate of drug-likeness (QED) is 0.757. The van der Waals surface area contributed by atoms with E-state index in [1.165, 1.54) is 37.7 Å². The molecule has 18 heavy (non-hydrogen) atoms. The van der Waals surface area contributed by atoms with Crippen molar-refractivity contribution in [3.05, 3.63) is 35.4 Å². The Hall–Kier alpha value is -1.11. The van der Waals surface area contributed by atoms with Crippen molar-refractivity contribution in [1.82, 2.24) is 0 Å². The van der Waals surface area contributed by atoms with Crippen LogP contribution in [0.25, 0.3) is 0 Å². The molecule has 3 rings (SSSR count). The lowest BCUT2D eigenvalue weighted by Gasteiger charge is -2.31. The third kappa shape index (κ3) is 2.00. The molecule has 2 aliphatic carbocycles. The molecule has 0 N–H and O–H groups in total. The summed E-state index contributed by atoms with van der Waals surface area (Å²) in [5.74, 6) is 2.22. The van der Waals surface area contributed by atoms with Gasteiger partial charge in [0, 0.05) is 11.5 Å². The van der Waals surface area contributed by atoms with Gasteiger partial charge < -0.3 is 0 Å². The van der Waals surface area contributed by atoms with Crippen molar-refractivity contribution in [1.29, 1.82) is 0 Å². The van der Waals surface area contributed by atoms with Crippen molar-refractivity contribution in [2.24, 2.45) is 17.8 Å². The van der Waals surface area contributed by atoms with Gasteiger partial charge >= 0.3 is 0 Å². The van der Waals surface area contributed by atoms with E-state index in [2.05, 4.69) is 19.1 Å². The third-order valence-electron chi connectivity index (χ3n) is 5.03. The highest BCUT2D eigenvalue weighted by Gasteiger charge is 2.37. The van der Waals surface area contributed by atoms with Crippen LogP contribution in [0.15, 0.2) is 24.3 Å². The highest BCUT2D eigenvalue weighted by molar-refractivity contribution is 6.02. The van der Waals surface area contributed by atoms with E-state index in [1.807, 2.05) is 12.1 Å². The van der Waals surface area contributed by atoms with Gasteiger partial charge in [0.1, 0.15) is 0 Å². The third-order valence-corrected chi connectivity index (χ3v) is 5.03. The van der Waals surface area contributed by atoms with E-state index in [1.54, 1.807) is 0 Å². The number of rotatable bonds is 2. The SMILES string of the molecule is CCC1CCCC(C2Cc3ccccc3C2=O)C1. The molecular formula is C17H22O. The van der Waals surface area contributed by atoms with Gasteiger partial charge in [-0.25, -0.2) is 0 Å². The molecule has 0 saturated heterocycles. The summed E-state index contributed by atoms with van der Waals surface area (Å²) in [5, 5.41) is 0. The summed E-state index contributed by atoms with van der Waals surface area (Å²) < 4.78 is 0. The van der Waals surface area contributed by atoms with Gasteiger partial charge in [-0.2, -0.15) is 0 Å². The lowest BCUT2D eigenvalue weighted by atomic mass is 9.73.